The van der Waals surface area contributed by atoms with Gasteiger partial charge in [0, 0.05) is 6.42 Å². The van der Waals surface area contributed by atoms with Gasteiger partial charge in [-0.15, -0.1) is 0 Å². The van der Waals surface area contributed by atoms with Crippen molar-refractivity contribution in [3.63, 3.8) is 0 Å². The number of hydrogen-bond acceptors (Lipinski definition) is 3. The van der Waals surface area contributed by atoms with Crippen LogP contribution >= 0.6 is 0 Å². The number of rotatable bonds is 4. The maximum Gasteiger partial charge on any atom is 0.237 e. The summed E-state index contributed by atoms with van der Waals surface area (Å²) in [5.41, 5.74) is -1.58. The Labute approximate surface area is 103 Å². The molecular formula is C13H20N2O2. The Kier molecular flexibility index (Phi) is 3.61. The van der Waals surface area contributed by atoms with Crippen LogP contribution in [0.15, 0.2) is 0 Å². The van der Waals surface area contributed by atoms with E-state index in [-0.39, 0.29) is 18.2 Å². The van der Waals surface area contributed by atoms with Gasteiger partial charge >= 0.3 is 0 Å². The van der Waals surface area contributed by atoms with E-state index in [0.29, 0.717) is 19.3 Å². The van der Waals surface area contributed by atoms with Gasteiger partial charge in [-0.25, -0.2) is 0 Å². The quantitative estimate of drug-likeness (QED) is 0.703. The highest BCUT2D eigenvalue weighted by molar-refractivity contribution is 6.06. The summed E-state index contributed by atoms with van der Waals surface area (Å²) in [6.45, 7) is 7.33. The van der Waals surface area contributed by atoms with E-state index in [1.54, 1.807) is 6.92 Å². The molecule has 4 heteroatoms. The molecule has 0 aromatic carbocycles. The lowest BCUT2D eigenvalue weighted by Crippen LogP contribution is -2.50. The number of carbonyl (C=O) groups excluding carboxylic acids is 2. The standard InChI is InChI=1S/C13H20N2O2/c1-5-12(4,9-14)15-10(16)8-13(6-2,7-3)11(15)17/h5-8H2,1-4H3. The van der Waals surface area contributed by atoms with Crippen molar-refractivity contribution in [3.05, 3.63) is 0 Å². The molecule has 0 N–H and O–H groups in total. The molecule has 17 heavy (non-hydrogen) atoms. The largest absolute Gasteiger partial charge is 0.274 e. The van der Waals surface area contributed by atoms with Crippen LogP contribution in [-0.4, -0.2) is 22.3 Å². The fourth-order valence-corrected chi connectivity index (χ4v) is 2.38. The van der Waals surface area contributed by atoms with Gasteiger partial charge in [-0.2, -0.15) is 5.26 Å². The van der Waals surface area contributed by atoms with Gasteiger partial charge < -0.3 is 0 Å². The second-order valence-corrected chi connectivity index (χ2v) is 4.94. The Morgan fingerprint density at radius 2 is 1.88 bits per heavy atom. The highest BCUT2D eigenvalue weighted by atomic mass is 16.2. The zero-order valence-electron chi connectivity index (χ0n) is 11.0. The van der Waals surface area contributed by atoms with Crippen molar-refractivity contribution in [3.8, 4) is 6.07 Å². The van der Waals surface area contributed by atoms with Crippen molar-refractivity contribution in [1.82, 2.24) is 4.90 Å². The molecule has 1 unspecified atom stereocenters. The van der Waals surface area contributed by atoms with Crippen LogP contribution in [0.5, 0.6) is 0 Å². The summed E-state index contributed by atoms with van der Waals surface area (Å²) >= 11 is 0. The predicted octanol–water partition coefficient (Wildman–Crippen LogP) is 2.24. The highest BCUT2D eigenvalue weighted by Gasteiger charge is 2.54. The molecule has 0 aromatic rings. The van der Waals surface area contributed by atoms with Gasteiger partial charge in [0.15, 0.2) is 0 Å². The SMILES string of the molecule is CCC1(CC)CC(=O)N(C(C)(C#N)CC)C1=O. The molecule has 0 radical (unpaired) electrons. The van der Waals surface area contributed by atoms with Crippen LogP contribution < -0.4 is 0 Å². The van der Waals surface area contributed by atoms with Crippen molar-refractivity contribution in [2.24, 2.45) is 5.41 Å². The zero-order chi connectivity index (χ0) is 13.3. The van der Waals surface area contributed by atoms with Crippen molar-refractivity contribution in [2.45, 2.75) is 58.9 Å². The molecule has 0 bridgehead atoms. The maximum atomic E-state index is 12.4. The van der Waals surface area contributed by atoms with E-state index in [1.165, 1.54) is 4.90 Å². The Hall–Kier alpha value is -1.37. The molecular weight excluding hydrogens is 216 g/mol. The first kappa shape index (κ1) is 13.7. The molecule has 1 aliphatic rings. The normalized spacial score (nSPS) is 22.4. The van der Waals surface area contributed by atoms with Crippen LogP contribution in [0.4, 0.5) is 0 Å². The molecule has 2 amide bonds. The van der Waals surface area contributed by atoms with Crippen molar-refractivity contribution >= 4 is 11.8 Å². The smallest absolute Gasteiger partial charge is 0.237 e. The fourth-order valence-electron chi connectivity index (χ4n) is 2.38. The Balaban J connectivity index is 3.18. The van der Waals surface area contributed by atoms with E-state index in [9.17, 15) is 14.9 Å². The van der Waals surface area contributed by atoms with E-state index in [4.69, 9.17) is 0 Å². The maximum absolute atomic E-state index is 12.4. The first-order valence-corrected chi connectivity index (χ1v) is 6.19. The number of imide groups is 1. The van der Waals surface area contributed by atoms with Crippen LogP contribution in [0.1, 0.15) is 53.4 Å². The summed E-state index contributed by atoms with van der Waals surface area (Å²) < 4.78 is 0. The first-order chi connectivity index (χ1) is 7.90. The minimum absolute atomic E-state index is 0.168. The van der Waals surface area contributed by atoms with Gasteiger partial charge in [-0.3, -0.25) is 14.5 Å². The van der Waals surface area contributed by atoms with Gasteiger partial charge in [0.1, 0.15) is 5.54 Å². The summed E-state index contributed by atoms with van der Waals surface area (Å²) in [5.74, 6) is -0.372. The average molecular weight is 236 g/mol. The number of nitriles is 1. The molecule has 1 rings (SSSR count). The minimum atomic E-state index is -1.000. The molecule has 1 atom stereocenters. The molecule has 1 fully saturated rings. The van der Waals surface area contributed by atoms with Crippen molar-refractivity contribution in [2.75, 3.05) is 0 Å². The second kappa shape index (κ2) is 4.48. The summed E-state index contributed by atoms with van der Waals surface area (Å²) in [6, 6.07) is 2.10. The van der Waals surface area contributed by atoms with Crippen LogP contribution in [0.3, 0.4) is 0 Å². The Morgan fingerprint density at radius 1 is 1.35 bits per heavy atom. The third kappa shape index (κ3) is 1.84. The summed E-state index contributed by atoms with van der Waals surface area (Å²) in [6.07, 6.45) is 2.01. The molecule has 94 valence electrons. The molecule has 1 aliphatic heterocycles. The zero-order valence-corrected chi connectivity index (χ0v) is 11.0. The lowest BCUT2D eigenvalue weighted by Gasteiger charge is -2.32. The minimum Gasteiger partial charge on any atom is -0.274 e. The van der Waals surface area contributed by atoms with Crippen molar-refractivity contribution < 1.29 is 9.59 Å². The molecule has 0 aromatic heterocycles. The van der Waals surface area contributed by atoms with E-state index in [1.807, 2.05) is 20.8 Å². The molecule has 0 spiro atoms. The number of likely N-dealkylation sites (tertiary alicyclic amines) is 1. The molecule has 1 saturated heterocycles. The number of nitrogens with zero attached hydrogens (tertiary/aromatic N) is 2. The van der Waals surface area contributed by atoms with E-state index in [2.05, 4.69) is 6.07 Å². The molecule has 0 saturated carbocycles. The van der Waals surface area contributed by atoms with Gasteiger partial charge in [-0.05, 0) is 26.2 Å². The Bertz CT molecular complexity index is 379. The second-order valence-electron chi connectivity index (χ2n) is 4.94. The van der Waals surface area contributed by atoms with Gasteiger partial charge in [-0.1, -0.05) is 20.8 Å². The fraction of sp³-hybridized carbons (Fsp3) is 0.769. The van der Waals surface area contributed by atoms with Crippen molar-refractivity contribution in [1.29, 1.82) is 5.26 Å². The average Bonchev–Trinajstić information content (AvgIpc) is 2.61. The van der Waals surface area contributed by atoms with Crippen LogP contribution in [0.25, 0.3) is 0 Å². The molecule has 1 heterocycles. The van der Waals surface area contributed by atoms with Gasteiger partial charge in [0.25, 0.3) is 0 Å². The van der Waals surface area contributed by atoms with Crippen LogP contribution in [0.2, 0.25) is 0 Å². The van der Waals surface area contributed by atoms with Gasteiger partial charge in [0.05, 0.1) is 11.5 Å². The lowest BCUT2D eigenvalue weighted by atomic mass is 9.80. The Morgan fingerprint density at radius 3 is 2.18 bits per heavy atom. The third-order valence-electron chi connectivity index (χ3n) is 4.17. The molecule has 4 nitrogen and oxygen atoms in total. The van der Waals surface area contributed by atoms with E-state index in [0.717, 1.165) is 0 Å². The topological polar surface area (TPSA) is 61.2 Å². The monoisotopic (exact) mass is 236 g/mol. The van der Waals surface area contributed by atoms with E-state index < -0.39 is 11.0 Å². The molecule has 0 aliphatic carbocycles. The van der Waals surface area contributed by atoms with Crippen LogP contribution in [0, 0.1) is 16.7 Å². The highest BCUT2D eigenvalue weighted by Crippen LogP contribution is 2.42. The lowest BCUT2D eigenvalue weighted by molar-refractivity contribution is -0.146. The summed E-state index contributed by atoms with van der Waals surface area (Å²) in [7, 11) is 0. The summed E-state index contributed by atoms with van der Waals surface area (Å²) in [4.78, 5) is 25.6. The number of hydrogen-bond donors (Lipinski definition) is 0. The number of amides is 2. The van der Waals surface area contributed by atoms with Crippen LogP contribution in [-0.2, 0) is 9.59 Å². The van der Waals surface area contributed by atoms with Gasteiger partial charge in [0.2, 0.25) is 11.8 Å². The first-order valence-electron chi connectivity index (χ1n) is 6.19. The third-order valence-corrected chi connectivity index (χ3v) is 4.17. The van der Waals surface area contributed by atoms with E-state index >= 15 is 0 Å². The number of carbonyl (C=O) groups is 2. The predicted molar refractivity (Wildman–Crippen MR) is 63.8 cm³/mol. The summed E-state index contributed by atoms with van der Waals surface area (Å²) in [5, 5.41) is 9.20.